The molecular weight excluding hydrogens is 331 g/mol. The predicted octanol–water partition coefficient (Wildman–Crippen LogP) is 2.93. The largest absolute Gasteiger partial charge is 0.476 e. The first-order valence-corrected chi connectivity index (χ1v) is 8.16. The van der Waals surface area contributed by atoms with Crippen LogP contribution in [0.15, 0.2) is 48.5 Å². The summed E-state index contributed by atoms with van der Waals surface area (Å²) in [6.07, 6.45) is -0.819. The molecule has 1 unspecified atom stereocenters. The smallest absolute Gasteiger partial charge is 0.265 e. The fourth-order valence-corrected chi connectivity index (χ4v) is 2.59. The van der Waals surface area contributed by atoms with Gasteiger partial charge in [0.05, 0.1) is 5.02 Å². The Morgan fingerprint density at radius 1 is 1.29 bits per heavy atom. The minimum atomic E-state index is -0.819. The number of hydrogen-bond acceptors (Lipinski definition) is 3. The van der Waals surface area contributed by atoms with Gasteiger partial charge in [0, 0.05) is 37.2 Å². The number of carbonyl (C=O) groups is 1. The molecule has 1 heterocycles. The third-order valence-electron chi connectivity index (χ3n) is 3.92. The predicted molar refractivity (Wildman–Crippen MR) is 90.6 cm³/mol. The van der Waals surface area contributed by atoms with Crippen LogP contribution in [0.5, 0.6) is 5.75 Å². The van der Waals surface area contributed by atoms with Crippen LogP contribution in [0.2, 0.25) is 5.02 Å². The zero-order valence-corrected chi connectivity index (χ0v) is 13.7. The van der Waals surface area contributed by atoms with Gasteiger partial charge in [0.1, 0.15) is 11.6 Å². The van der Waals surface area contributed by atoms with E-state index in [1.807, 2.05) is 30.3 Å². The highest BCUT2D eigenvalue weighted by molar-refractivity contribution is 6.30. The molecule has 2 N–H and O–H groups in total. The van der Waals surface area contributed by atoms with Crippen molar-refractivity contribution in [1.29, 1.82) is 0 Å². The standard InChI is InChI=1S/C18H18ClFN2O2/c19-15-8-14(6-7-16(15)20)24-17(13-4-2-1-3-5-13)18(23)22-11-12-9-21-10-12/h1-8,12,17,21H,9-11H2,(H,22,23). The highest BCUT2D eigenvalue weighted by Gasteiger charge is 2.25. The minimum absolute atomic E-state index is 0.0414. The second kappa shape index (κ2) is 7.64. The van der Waals surface area contributed by atoms with Crippen LogP contribution in [0, 0.1) is 11.7 Å². The highest BCUT2D eigenvalue weighted by atomic mass is 35.5. The summed E-state index contributed by atoms with van der Waals surface area (Å²) in [5.41, 5.74) is 0.724. The molecule has 0 radical (unpaired) electrons. The Labute approximate surface area is 145 Å². The molecule has 1 fully saturated rings. The fraction of sp³-hybridized carbons (Fsp3) is 0.278. The maximum atomic E-state index is 13.3. The maximum absolute atomic E-state index is 13.3. The van der Waals surface area contributed by atoms with E-state index in [0.717, 1.165) is 18.7 Å². The number of amides is 1. The third-order valence-corrected chi connectivity index (χ3v) is 4.21. The summed E-state index contributed by atoms with van der Waals surface area (Å²) >= 11 is 5.79. The van der Waals surface area contributed by atoms with Crippen LogP contribution < -0.4 is 15.4 Å². The molecule has 6 heteroatoms. The summed E-state index contributed by atoms with van der Waals surface area (Å²) in [5, 5.41) is 6.04. The molecule has 0 spiro atoms. The highest BCUT2D eigenvalue weighted by Crippen LogP contribution is 2.26. The number of ether oxygens (including phenoxy) is 1. The van der Waals surface area contributed by atoms with Gasteiger partial charge in [-0.25, -0.2) is 4.39 Å². The van der Waals surface area contributed by atoms with Gasteiger partial charge in [-0.3, -0.25) is 4.79 Å². The zero-order chi connectivity index (χ0) is 16.9. The zero-order valence-electron chi connectivity index (χ0n) is 13.0. The van der Waals surface area contributed by atoms with Gasteiger partial charge >= 0.3 is 0 Å². The molecule has 0 saturated carbocycles. The molecule has 1 aliphatic heterocycles. The number of nitrogens with one attached hydrogen (secondary N) is 2. The van der Waals surface area contributed by atoms with Crippen LogP contribution >= 0.6 is 11.6 Å². The lowest BCUT2D eigenvalue weighted by Crippen LogP contribution is -2.49. The van der Waals surface area contributed by atoms with Gasteiger partial charge in [-0.05, 0) is 12.1 Å². The van der Waals surface area contributed by atoms with Crippen molar-refractivity contribution in [3.8, 4) is 5.75 Å². The molecule has 2 aromatic carbocycles. The third kappa shape index (κ3) is 4.04. The SMILES string of the molecule is O=C(NCC1CNC1)C(Oc1ccc(F)c(Cl)c1)c1ccccc1. The van der Waals surface area contributed by atoms with Crippen molar-refractivity contribution in [2.24, 2.45) is 5.92 Å². The van der Waals surface area contributed by atoms with E-state index in [-0.39, 0.29) is 10.9 Å². The molecular formula is C18H18ClFN2O2. The van der Waals surface area contributed by atoms with E-state index in [0.29, 0.717) is 18.2 Å². The average molecular weight is 349 g/mol. The molecule has 1 aliphatic rings. The quantitative estimate of drug-likeness (QED) is 0.844. The number of carbonyl (C=O) groups excluding carboxylic acids is 1. The molecule has 1 amide bonds. The van der Waals surface area contributed by atoms with Gasteiger partial charge in [0.25, 0.3) is 5.91 Å². The lowest BCUT2D eigenvalue weighted by atomic mass is 10.0. The summed E-state index contributed by atoms with van der Waals surface area (Å²) < 4.78 is 19.1. The minimum Gasteiger partial charge on any atom is -0.476 e. The van der Waals surface area contributed by atoms with Crippen molar-refractivity contribution < 1.29 is 13.9 Å². The average Bonchev–Trinajstić information content (AvgIpc) is 2.55. The Morgan fingerprint density at radius 2 is 2.04 bits per heavy atom. The normalized spacial score (nSPS) is 15.4. The molecule has 2 aromatic rings. The van der Waals surface area contributed by atoms with Crippen molar-refractivity contribution in [2.45, 2.75) is 6.10 Å². The van der Waals surface area contributed by atoms with Crippen molar-refractivity contribution >= 4 is 17.5 Å². The van der Waals surface area contributed by atoms with Crippen molar-refractivity contribution in [1.82, 2.24) is 10.6 Å². The van der Waals surface area contributed by atoms with E-state index >= 15 is 0 Å². The molecule has 0 aliphatic carbocycles. The number of halogens is 2. The molecule has 0 aromatic heterocycles. The fourth-order valence-electron chi connectivity index (χ4n) is 2.42. The lowest BCUT2D eigenvalue weighted by Gasteiger charge is -2.28. The van der Waals surface area contributed by atoms with E-state index in [1.165, 1.54) is 18.2 Å². The molecule has 1 saturated heterocycles. The first kappa shape index (κ1) is 16.7. The van der Waals surface area contributed by atoms with Crippen LogP contribution in [-0.4, -0.2) is 25.5 Å². The molecule has 126 valence electrons. The van der Waals surface area contributed by atoms with Crippen LogP contribution in [-0.2, 0) is 4.79 Å². The second-order valence-corrected chi connectivity index (χ2v) is 6.16. The Bertz CT molecular complexity index is 707. The van der Waals surface area contributed by atoms with Crippen molar-refractivity contribution in [3.05, 3.63) is 64.9 Å². The lowest BCUT2D eigenvalue weighted by molar-refractivity contribution is -0.128. The Kier molecular flexibility index (Phi) is 5.33. The van der Waals surface area contributed by atoms with Crippen LogP contribution in [0.25, 0.3) is 0 Å². The van der Waals surface area contributed by atoms with Crippen molar-refractivity contribution in [2.75, 3.05) is 19.6 Å². The van der Waals surface area contributed by atoms with E-state index < -0.39 is 11.9 Å². The van der Waals surface area contributed by atoms with E-state index in [1.54, 1.807) is 0 Å². The van der Waals surface area contributed by atoms with E-state index in [9.17, 15) is 9.18 Å². The van der Waals surface area contributed by atoms with Gasteiger partial charge < -0.3 is 15.4 Å². The molecule has 4 nitrogen and oxygen atoms in total. The Balaban J connectivity index is 1.76. The van der Waals surface area contributed by atoms with Crippen LogP contribution in [0.1, 0.15) is 11.7 Å². The summed E-state index contributed by atoms with van der Waals surface area (Å²) in [6.45, 7) is 2.41. The topological polar surface area (TPSA) is 50.4 Å². The Hall–Kier alpha value is -2.11. The van der Waals surface area contributed by atoms with Crippen LogP contribution in [0.3, 0.4) is 0 Å². The monoisotopic (exact) mass is 348 g/mol. The second-order valence-electron chi connectivity index (χ2n) is 5.75. The van der Waals surface area contributed by atoms with E-state index in [4.69, 9.17) is 16.3 Å². The number of benzene rings is 2. The van der Waals surface area contributed by atoms with Gasteiger partial charge in [-0.15, -0.1) is 0 Å². The number of hydrogen-bond donors (Lipinski definition) is 2. The van der Waals surface area contributed by atoms with Gasteiger partial charge in [0.15, 0.2) is 0 Å². The molecule has 0 bridgehead atoms. The molecule has 1 atom stereocenters. The summed E-state index contributed by atoms with van der Waals surface area (Å²) in [6, 6.07) is 13.2. The van der Waals surface area contributed by atoms with E-state index in [2.05, 4.69) is 10.6 Å². The molecule has 24 heavy (non-hydrogen) atoms. The molecule has 3 rings (SSSR count). The van der Waals surface area contributed by atoms with Gasteiger partial charge in [-0.1, -0.05) is 41.9 Å². The van der Waals surface area contributed by atoms with Crippen LogP contribution in [0.4, 0.5) is 4.39 Å². The summed E-state index contributed by atoms with van der Waals surface area (Å²) in [5.74, 6) is 0.0390. The number of rotatable bonds is 6. The van der Waals surface area contributed by atoms with Crippen molar-refractivity contribution in [3.63, 3.8) is 0 Å². The van der Waals surface area contributed by atoms with Gasteiger partial charge in [-0.2, -0.15) is 0 Å². The summed E-state index contributed by atoms with van der Waals surface area (Å²) in [4.78, 5) is 12.6. The maximum Gasteiger partial charge on any atom is 0.265 e. The Morgan fingerprint density at radius 3 is 2.67 bits per heavy atom. The summed E-state index contributed by atoms with van der Waals surface area (Å²) in [7, 11) is 0. The first-order valence-electron chi connectivity index (χ1n) is 7.78. The first-order chi connectivity index (χ1) is 11.6. The van der Waals surface area contributed by atoms with Gasteiger partial charge in [0.2, 0.25) is 6.10 Å².